The molecule has 0 saturated heterocycles. The number of ether oxygens (including phenoxy) is 1. The molecule has 0 heterocycles. The van der Waals surface area contributed by atoms with Gasteiger partial charge in [-0.05, 0) is 20.3 Å². The van der Waals surface area contributed by atoms with Crippen molar-refractivity contribution in [3.05, 3.63) is 0 Å². The lowest BCUT2D eigenvalue weighted by Gasteiger charge is -2.18. The Labute approximate surface area is 85.2 Å². The van der Waals surface area contributed by atoms with Crippen molar-refractivity contribution in [1.82, 2.24) is 5.32 Å². The van der Waals surface area contributed by atoms with Gasteiger partial charge < -0.3 is 10.1 Å². The van der Waals surface area contributed by atoms with E-state index < -0.39 is 0 Å². The lowest BCUT2D eigenvalue weighted by molar-refractivity contribution is -0.145. The summed E-state index contributed by atoms with van der Waals surface area (Å²) in [6.45, 7) is 5.89. The normalized spacial score (nSPS) is 14.1. The van der Waals surface area contributed by atoms with Crippen LogP contribution >= 0.6 is 0 Å². The summed E-state index contributed by atoms with van der Waals surface area (Å²) in [6, 6.07) is 1.81. The molecule has 0 fully saturated rings. The average Bonchev–Trinajstić information content (AvgIpc) is 2.17. The summed E-state index contributed by atoms with van der Waals surface area (Å²) in [5, 5.41) is 11.6. The second-order valence-corrected chi connectivity index (χ2v) is 3.11. The van der Waals surface area contributed by atoms with Crippen molar-refractivity contribution in [3.8, 4) is 6.07 Å². The van der Waals surface area contributed by atoms with Gasteiger partial charge in [0, 0.05) is 6.04 Å². The van der Waals surface area contributed by atoms with Crippen LogP contribution in [0.5, 0.6) is 0 Å². The van der Waals surface area contributed by atoms with Crippen molar-refractivity contribution in [2.75, 3.05) is 6.61 Å². The van der Waals surface area contributed by atoms with Gasteiger partial charge in [-0.1, -0.05) is 6.92 Å². The van der Waals surface area contributed by atoms with Crippen LogP contribution in [-0.2, 0) is 9.53 Å². The summed E-state index contributed by atoms with van der Waals surface area (Å²) >= 11 is 0. The van der Waals surface area contributed by atoms with Gasteiger partial charge in [-0.2, -0.15) is 5.26 Å². The molecule has 0 aliphatic heterocycles. The first kappa shape index (κ1) is 12.9. The second kappa shape index (κ2) is 7.34. The Morgan fingerprint density at radius 2 is 2.21 bits per heavy atom. The summed E-state index contributed by atoms with van der Waals surface area (Å²) in [7, 11) is 0. The largest absolute Gasteiger partial charge is 0.465 e. The summed E-state index contributed by atoms with van der Waals surface area (Å²) in [5.41, 5.74) is 0. The standard InChI is InChI=1S/C10H18N2O2/c1-4-9(6-7-11)12-8(3)10(13)14-5-2/h8-9,12H,4-6H2,1-3H3. The molecule has 4 heteroatoms. The van der Waals surface area contributed by atoms with Gasteiger partial charge in [-0.15, -0.1) is 0 Å². The van der Waals surface area contributed by atoms with Crippen LogP contribution < -0.4 is 5.32 Å². The van der Waals surface area contributed by atoms with Crippen molar-refractivity contribution >= 4 is 5.97 Å². The number of hydrogen-bond donors (Lipinski definition) is 1. The number of nitrogens with zero attached hydrogens (tertiary/aromatic N) is 1. The molecule has 14 heavy (non-hydrogen) atoms. The zero-order valence-corrected chi connectivity index (χ0v) is 9.04. The molecule has 0 aromatic rings. The molecule has 0 aromatic carbocycles. The molecule has 0 radical (unpaired) electrons. The predicted octanol–water partition coefficient (Wildman–Crippen LogP) is 1.22. The molecule has 4 nitrogen and oxygen atoms in total. The van der Waals surface area contributed by atoms with E-state index in [-0.39, 0.29) is 18.1 Å². The minimum absolute atomic E-state index is 0.0689. The molecule has 2 unspecified atom stereocenters. The number of hydrogen-bond acceptors (Lipinski definition) is 4. The molecule has 0 aromatic heterocycles. The molecule has 0 bridgehead atoms. The third-order valence-corrected chi connectivity index (χ3v) is 1.96. The number of esters is 1. The van der Waals surface area contributed by atoms with Gasteiger partial charge in [-0.3, -0.25) is 4.79 Å². The Morgan fingerprint density at radius 3 is 2.64 bits per heavy atom. The Hall–Kier alpha value is -1.08. The first-order chi connectivity index (χ1) is 6.65. The second-order valence-electron chi connectivity index (χ2n) is 3.11. The lowest BCUT2D eigenvalue weighted by Crippen LogP contribution is -2.41. The molecule has 0 aliphatic carbocycles. The molecule has 80 valence electrons. The summed E-state index contributed by atoms with van der Waals surface area (Å²) < 4.78 is 4.84. The highest BCUT2D eigenvalue weighted by Gasteiger charge is 2.17. The fourth-order valence-electron chi connectivity index (χ4n) is 1.12. The Balaban J connectivity index is 3.95. The van der Waals surface area contributed by atoms with Gasteiger partial charge in [-0.25, -0.2) is 0 Å². The zero-order chi connectivity index (χ0) is 11.0. The Bertz CT molecular complexity index is 211. The van der Waals surface area contributed by atoms with Crippen molar-refractivity contribution < 1.29 is 9.53 Å². The number of rotatable bonds is 6. The van der Waals surface area contributed by atoms with Crippen LogP contribution in [0, 0.1) is 11.3 Å². The van der Waals surface area contributed by atoms with Crippen LogP contribution in [0.3, 0.4) is 0 Å². The summed E-state index contributed by atoms with van der Waals surface area (Å²) in [4.78, 5) is 11.2. The molecule has 0 saturated carbocycles. The van der Waals surface area contributed by atoms with Gasteiger partial charge in [0.2, 0.25) is 0 Å². The van der Waals surface area contributed by atoms with Gasteiger partial charge >= 0.3 is 5.97 Å². The Kier molecular flexibility index (Phi) is 6.77. The van der Waals surface area contributed by atoms with Crippen LogP contribution in [0.1, 0.15) is 33.6 Å². The van der Waals surface area contributed by atoms with Gasteiger partial charge in [0.05, 0.1) is 19.1 Å². The van der Waals surface area contributed by atoms with E-state index in [1.54, 1.807) is 13.8 Å². The van der Waals surface area contributed by atoms with Gasteiger partial charge in [0.1, 0.15) is 6.04 Å². The molecule has 1 N–H and O–H groups in total. The third kappa shape index (κ3) is 4.83. The molecular formula is C10H18N2O2. The van der Waals surface area contributed by atoms with Gasteiger partial charge in [0.15, 0.2) is 0 Å². The number of nitrogens with one attached hydrogen (secondary N) is 1. The highest BCUT2D eigenvalue weighted by Crippen LogP contribution is 1.99. The SMILES string of the molecule is CCOC(=O)C(C)NC(CC)CC#N. The fraction of sp³-hybridized carbons (Fsp3) is 0.800. The number of carbonyl (C=O) groups is 1. The van der Waals surface area contributed by atoms with Crippen LogP contribution in [-0.4, -0.2) is 24.7 Å². The maximum atomic E-state index is 11.2. The monoisotopic (exact) mass is 198 g/mol. The van der Waals surface area contributed by atoms with E-state index in [1.807, 2.05) is 6.92 Å². The molecule has 0 amide bonds. The molecule has 0 rings (SSSR count). The van der Waals surface area contributed by atoms with Crippen molar-refractivity contribution in [2.45, 2.75) is 45.7 Å². The van der Waals surface area contributed by atoms with Crippen molar-refractivity contribution in [2.24, 2.45) is 0 Å². The molecular weight excluding hydrogens is 180 g/mol. The first-order valence-electron chi connectivity index (χ1n) is 4.95. The summed E-state index contributed by atoms with van der Waals surface area (Å²) in [5.74, 6) is -0.260. The van der Waals surface area contributed by atoms with E-state index in [0.29, 0.717) is 13.0 Å². The summed E-state index contributed by atoms with van der Waals surface area (Å²) in [6.07, 6.45) is 1.25. The van der Waals surface area contributed by atoms with Crippen LogP contribution in [0.15, 0.2) is 0 Å². The van der Waals surface area contributed by atoms with E-state index in [0.717, 1.165) is 6.42 Å². The maximum Gasteiger partial charge on any atom is 0.322 e. The van der Waals surface area contributed by atoms with E-state index >= 15 is 0 Å². The molecule has 2 atom stereocenters. The highest BCUT2D eigenvalue weighted by molar-refractivity contribution is 5.75. The van der Waals surface area contributed by atoms with E-state index in [9.17, 15) is 4.79 Å². The fourth-order valence-corrected chi connectivity index (χ4v) is 1.12. The minimum atomic E-state index is -0.340. The maximum absolute atomic E-state index is 11.2. The molecule has 0 spiro atoms. The quantitative estimate of drug-likeness (QED) is 0.652. The van der Waals surface area contributed by atoms with E-state index in [1.165, 1.54) is 0 Å². The highest BCUT2D eigenvalue weighted by atomic mass is 16.5. The van der Waals surface area contributed by atoms with Crippen LogP contribution in [0.4, 0.5) is 0 Å². The van der Waals surface area contributed by atoms with Crippen LogP contribution in [0.25, 0.3) is 0 Å². The first-order valence-corrected chi connectivity index (χ1v) is 4.95. The van der Waals surface area contributed by atoms with Crippen molar-refractivity contribution in [3.63, 3.8) is 0 Å². The zero-order valence-electron chi connectivity index (χ0n) is 9.04. The predicted molar refractivity (Wildman–Crippen MR) is 53.5 cm³/mol. The number of carbonyl (C=O) groups excluding carboxylic acids is 1. The molecule has 0 aliphatic rings. The Morgan fingerprint density at radius 1 is 1.57 bits per heavy atom. The van der Waals surface area contributed by atoms with E-state index in [2.05, 4.69) is 11.4 Å². The van der Waals surface area contributed by atoms with Crippen molar-refractivity contribution in [1.29, 1.82) is 5.26 Å². The number of nitriles is 1. The van der Waals surface area contributed by atoms with Gasteiger partial charge in [0.25, 0.3) is 0 Å². The third-order valence-electron chi connectivity index (χ3n) is 1.96. The topological polar surface area (TPSA) is 62.1 Å². The smallest absolute Gasteiger partial charge is 0.322 e. The van der Waals surface area contributed by atoms with Crippen LogP contribution in [0.2, 0.25) is 0 Å². The minimum Gasteiger partial charge on any atom is -0.465 e. The van der Waals surface area contributed by atoms with E-state index in [4.69, 9.17) is 10.00 Å². The average molecular weight is 198 g/mol. The lowest BCUT2D eigenvalue weighted by atomic mass is 10.1.